The summed E-state index contributed by atoms with van der Waals surface area (Å²) in [5.74, 6) is 0.989. The molecule has 24 heavy (non-hydrogen) atoms. The third-order valence-corrected chi connectivity index (χ3v) is 5.59. The summed E-state index contributed by atoms with van der Waals surface area (Å²) in [5, 5.41) is 0. The number of nitrogen functional groups attached to an aromatic ring is 1. The lowest BCUT2D eigenvalue weighted by molar-refractivity contribution is -0.139. The van der Waals surface area contributed by atoms with Gasteiger partial charge >= 0.3 is 0 Å². The van der Waals surface area contributed by atoms with E-state index in [1.165, 1.54) is 12.8 Å². The molecule has 1 aromatic heterocycles. The van der Waals surface area contributed by atoms with Crippen molar-refractivity contribution in [3.63, 3.8) is 0 Å². The van der Waals surface area contributed by atoms with Crippen LogP contribution in [0.1, 0.15) is 51.0 Å². The molecule has 3 rings (SSSR count). The van der Waals surface area contributed by atoms with Gasteiger partial charge in [0.2, 0.25) is 5.91 Å². The Bertz CT molecular complexity index is 576. The number of amides is 1. The molecule has 0 bridgehead atoms. The van der Waals surface area contributed by atoms with Crippen molar-refractivity contribution in [3.8, 4) is 0 Å². The fourth-order valence-corrected chi connectivity index (χ4v) is 4.26. The molecule has 3 heterocycles. The zero-order chi connectivity index (χ0) is 17.0. The first-order valence-corrected chi connectivity index (χ1v) is 9.31. The van der Waals surface area contributed by atoms with Crippen molar-refractivity contribution in [2.24, 2.45) is 5.41 Å². The number of hydrogen-bond donors (Lipinski definition) is 1. The molecule has 2 aliphatic heterocycles. The van der Waals surface area contributed by atoms with Crippen LogP contribution in [-0.4, -0.2) is 46.9 Å². The Morgan fingerprint density at radius 3 is 3.00 bits per heavy atom. The molecule has 0 saturated carbocycles. The first-order chi connectivity index (χ1) is 11.6. The Labute approximate surface area is 145 Å². The standard InChI is InChI=1S/C19H30N4O/c1-2-3-12-23-15-19(9-7-17(23)24)8-5-11-22(14-19)13-16-6-4-10-21-18(16)20/h4,6,10H,2-3,5,7-9,11-15H2,1H3,(H2,20,21)/t19-/m0/s1. The molecule has 5 nitrogen and oxygen atoms in total. The third-order valence-electron chi connectivity index (χ3n) is 5.59. The van der Waals surface area contributed by atoms with Gasteiger partial charge in [-0.3, -0.25) is 9.69 Å². The molecular formula is C19H30N4O. The molecule has 1 aromatic rings. The van der Waals surface area contributed by atoms with Crippen molar-refractivity contribution in [2.75, 3.05) is 31.9 Å². The van der Waals surface area contributed by atoms with Crippen molar-refractivity contribution in [1.29, 1.82) is 0 Å². The van der Waals surface area contributed by atoms with E-state index in [1.807, 2.05) is 6.07 Å². The summed E-state index contributed by atoms with van der Waals surface area (Å²) in [5.41, 5.74) is 7.40. The molecule has 2 N–H and O–H groups in total. The Hall–Kier alpha value is -1.62. The molecular weight excluding hydrogens is 300 g/mol. The highest BCUT2D eigenvalue weighted by molar-refractivity contribution is 5.77. The molecule has 0 unspecified atom stereocenters. The minimum absolute atomic E-state index is 0.275. The average Bonchev–Trinajstić information content (AvgIpc) is 2.58. The molecule has 2 saturated heterocycles. The van der Waals surface area contributed by atoms with Crippen LogP contribution in [0.15, 0.2) is 18.3 Å². The Balaban J connectivity index is 1.65. The topological polar surface area (TPSA) is 62.5 Å². The summed E-state index contributed by atoms with van der Waals surface area (Å²) in [7, 11) is 0. The fraction of sp³-hybridized carbons (Fsp3) is 0.684. The fourth-order valence-electron chi connectivity index (χ4n) is 4.26. The van der Waals surface area contributed by atoms with E-state index in [-0.39, 0.29) is 5.41 Å². The number of carbonyl (C=O) groups excluding carboxylic acids is 1. The lowest BCUT2D eigenvalue weighted by Gasteiger charge is -2.48. The van der Waals surface area contributed by atoms with Gasteiger partial charge in [0.25, 0.3) is 0 Å². The van der Waals surface area contributed by atoms with Crippen LogP contribution in [0.2, 0.25) is 0 Å². The van der Waals surface area contributed by atoms with E-state index >= 15 is 0 Å². The van der Waals surface area contributed by atoms with Crippen LogP contribution in [0.25, 0.3) is 0 Å². The number of nitrogens with zero attached hydrogens (tertiary/aromatic N) is 3. The van der Waals surface area contributed by atoms with Gasteiger partial charge in [-0.25, -0.2) is 4.98 Å². The zero-order valence-corrected chi connectivity index (χ0v) is 14.8. The molecule has 132 valence electrons. The molecule has 0 aliphatic carbocycles. The maximum absolute atomic E-state index is 12.2. The Morgan fingerprint density at radius 1 is 1.33 bits per heavy atom. The number of likely N-dealkylation sites (tertiary alicyclic amines) is 2. The van der Waals surface area contributed by atoms with Gasteiger partial charge in [0.1, 0.15) is 5.82 Å². The quantitative estimate of drug-likeness (QED) is 0.901. The van der Waals surface area contributed by atoms with Crippen molar-refractivity contribution in [1.82, 2.24) is 14.8 Å². The molecule has 2 fully saturated rings. The van der Waals surface area contributed by atoms with E-state index in [4.69, 9.17) is 5.73 Å². The molecule has 0 radical (unpaired) electrons. The Morgan fingerprint density at radius 2 is 2.21 bits per heavy atom. The van der Waals surface area contributed by atoms with E-state index in [2.05, 4.69) is 27.8 Å². The maximum Gasteiger partial charge on any atom is 0.222 e. The smallest absolute Gasteiger partial charge is 0.222 e. The normalized spacial score (nSPS) is 25.4. The highest BCUT2D eigenvalue weighted by Crippen LogP contribution is 2.39. The summed E-state index contributed by atoms with van der Waals surface area (Å²) < 4.78 is 0. The number of piperidine rings is 2. The van der Waals surface area contributed by atoms with Gasteiger partial charge in [-0.05, 0) is 38.3 Å². The minimum atomic E-state index is 0.275. The van der Waals surface area contributed by atoms with Crippen LogP contribution in [0.3, 0.4) is 0 Å². The number of unbranched alkanes of at least 4 members (excludes halogenated alkanes) is 1. The number of nitrogens with two attached hydrogens (primary N) is 1. The number of aromatic nitrogens is 1. The van der Waals surface area contributed by atoms with Gasteiger partial charge in [-0.15, -0.1) is 0 Å². The van der Waals surface area contributed by atoms with Crippen LogP contribution in [0, 0.1) is 5.41 Å². The van der Waals surface area contributed by atoms with Gasteiger partial charge in [0.05, 0.1) is 0 Å². The summed E-state index contributed by atoms with van der Waals surface area (Å²) >= 11 is 0. The molecule has 1 spiro atoms. The maximum atomic E-state index is 12.2. The van der Waals surface area contributed by atoms with Crippen LogP contribution in [-0.2, 0) is 11.3 Å². The third kappa shape index (κ3) is 3.89. The predicted octanol–water partition coefficient (Wildman–Crippen LogP) is 2.67. The first kappa shape index (κ1) is 17.2. The molecule has 2 aliphatic rings. The largest absolute Gasteiger partial charge is 0.383 e. The molecule has 0 aromatic carbocycles. The van der Waals surface area contributed by atoms with Gasteiger partial charge < -0.3 is 10.6 Å². The second-order valence-corrected chi connectivity index (χ2v) is 7.53. The van der Waals surface area contributed by atoms with Crippen LogP contribution < -0.4 is 5.73 Å². The van der Waals surface area contributed by atoms with Crippen molar-refractivity contribution in [2.45, 2.75) is 52.0 Å². The summed E-state index contributed by atoms with van der Waals surface area (Å²) in [6.45, 7) is 7.09. The van der Waals surface area contributed by atoms with Crippen molar-refractivity contribution in [3.05, 3.63) is 23.9 Å². The highest BCUT2D eigenvalue weighted by Gasteiger charge is 2.41. The Kier molecular flexibility index (Phi) is 5.39. The first-order valence-electron chi connectivity index (χ1n) is 9.31. The number of pyridine rings is 1. The molecule has 1 amide bonds. The number of rotatable bonds is 5. The zero-order valence-electron chi connectivity index (χ0n) is 14.8. The van der Waals surface area contributed by atoms with Crippen molar-refractivity contribution < 1.29 is 4.79 Å². The van der Waals surface area contributed by atoms with Crippen LogP contribution >= 0.6 is 0 Å². The van der Waals surface area contributed by atoms with Gasteiger partial charge in [-0.1, -0.05) is 19.4 Å². The SMILES string of the molecule is CCCCN1C[C@@]2(CCCN(Cc3cccnc3N)C2)CCC1=O. The lowest BCUT2D eigenvalue weighted by atomic mass is 9.73. The van der Waals surface area contributed by atoms with E-state index in [1.54, 1.807) is 6.20 Å². The van der Waals surface area contributed by atoms with Crippen LogP contribution in [0.4, 0.5) is 5.82 Å². The second kappa shape index (κ2) is 7.51. The van der Waals surface area contributed by atoms with E-state index in [9.17, 15) is 4.79 Å². The lowest BCUT2D eigenvalue weighted by Crippen LogP contribution is -2.54. The van der Waals surface area contributed by atoms with Gasteiger partial charge in [-0.2, -0.15) is 0 Å². The van der Waals surface area contributed by atoms with Crippen molar-refractivity contribution >= 4 is 11.7 Å². The number of anilines is 1. The number of hydrogen-bond acceptors (Lipinski definition) is 4. The summed E-state index contributed by atoms with van der Waals surface area (Å²) in [6.07, 6.45) is 8.19. The highest BCUT2D eigenvalue weighted by atomic mass is 16.2. The van der Waals surface area contributed by atoms with Gasteiger partial charge in [0, 0.05) is 49.8 Å². The molecule has 1 atom stereocenters. The van der Waals surface area contributed by atoms with E-state index in [0.717, 1.165) is 57.5 Å². The average molecular weight is 330 g/mol. The summed E-state index contributed by atoms with van der Waals surface area (Å²) in [6, 6.07) is 4.03. The van der Waals surface area contributed by atoms with Crippen LogP contribution in [0.5, 0.6) is 0 Å². The number of carbonyl (C=O) groups is 1. The second-order valence-electron chi connectivity index (χ2n) is 7.53. The summed E-state index contributed by atoms with van der Waals surface area (Å²) in [4.78, 5) is 21.1. The predicted molar refractivity (Wildman–Crippen MR) is 96.3 cm³/mol. The monoisotopic (exact) mass is 330 g/mol. The van der Waals surface area contributed by atoms with E-state index in [0.29, 0.717) is 18.1 Å². The van der Waals surface area contributed by atoms with E-state index < -0.39 is 0 Å². The molecule has 5 heteroatoms. The van der Waals surface area contributed by atoms with Gasteiger partial charge in [0.15, 0.2) is 0 Å². The minimum Gasteiger partial charge on any atom is -0.383 e.